The van der Waals surface area contributed by atoms with Crippen molar-refractivity contribution in [3.8, 4) is 11.4 Å². The van der Waals surface area contributed by atoms with Gasteiger partial charge in [0.25, 0.3) is 5.56 Å². The Balaban J connectivity index is 1.47. The molecule has 5 aromatic rings. The minimum Gasteiger partial charge on any atom is -0.469 e. The molecule has 0 saturated heterocycles. The number of methoxy groups -OCH3 is 1. The van der Waals surface area contributed by atoms with E-state index in [0.717, 1.165) is 16.9 Å². The fraction of sp³-hybridized carbons (Fsp3) is 0.160. The first-order valence-corrected chi connectivity index (χ1v) is 11.8. The van der Waals surface area contributed by atoms with Crippen LogP contribution in [0.4, 0.5) is 0 Å². The van der Waals surface area contributed by atoms with Crippen LogP contribution < -0.4 is 5.56 Å². The third kappa shape index (κ3) is 4.60. The average molecular weight is 488 g/mol. The van der Waals surface area contributed by atoms with Gasteiger partial charge in [0.1, 0.15) is 11.6 Å². The van der Waals surface area contributed by atoms with Crippen LogP contribution in [0.1, 0.15) is 27.5 Å². The first kappa shape index (κ1) is 22.6. The van der Waals surface area contributed by atoms with Crippen LogP contribution in [-0.2, 0) is 17.0 Å². The molecule has 2 aromatic carbocycles. The fourth-order valence-corrected chi connectivity index (χ4v) is 4.56. The molecular weight excluding hydrogens is 466 g/mol. The summed E-state index contributed by atoms with van der Waals surface area (Å²) in [6.07, 6.45) is 1.63. The van der Waals surface area contributed by atoms with Crippen LogP contribution >= 0.6 is 11.8 Å². The predicted octanol–water partition coefficient (Wildman–Crippen LogP) is 4.21. The second kappa shape index (κ2) is 9.59. The van der Waals surface area contributed by atoms with Crippen molar-refractivity contribution < 1.29 is 13.9 Å². The summed E-state index contributed by atoms with van der Waals surface area (Å²) in [6, 6.07) is 16.6. The Kier molecular flexibility index (Phi) is 6.19. The topological polar surface area (TPSA) is 116 Å². The van der Waals surface area contributed by atoms with E-state index in [4.69, 9.17) is 9.15 Å². The summed E-state index contributed by atoms with van der Waals surface area (Å²) in [5.74, 6) is 1.78. The van der Waals surface area contributed by atoms with Crippen LogP contribution in [0.3, 0.4) is 0 Å². The molecule has 0 aliphatic carbocycles. The molecule has 3 aromatic heterocycles. The van der Waals surface area contributed by atoms with Crippen LogP contribution in [-0.4, -0.2) is 37.8 Å². The maximum Gasteiger partial charge on any atom is 0.337 e. The van der Waals surface area contributed by atoms with E-state index in [-0.39, 0.29) is 5.56 Å². The molecule has 35 heavy (non-hydrogen) atoms. The number of nitrogens with one attached hydrogen (secondary N) is 1. The quantitative estimate of drug-likeness (QED) is 0.268. The lowest BCUT2D eigenvalue weighted by Gasteiger charge is -2.10. The molecule has 176 valence electrons. The van der Waals surface area contributed by atoms with Crippen molar-refractivity contribution >= 4 is 28.6 Å². The number of aryl methyl sites for hydroxylation is 1. The molecular formula is C25H21N5O4S. The molecule has 0 fully saturated rings. The highest BCUT2D eigenvalue weighted by atomic mass is 32.2. The van der Waals surface area contributed by atoms with Gasteiger partial charge < -0.3 is 14.1 Å². The van der Waals surface area contributed by atoms with Crippen molar-refractivity contribution in [3.05, 3.63) is 93.9 Å². The molecule has 0 saturated carbocycles. The Bertz CT molecular complexity index is 1570. The van der Waals surface area contributed by atoms with E-state index in [1.54, 1.807) is 24.5 Å². The van der Waals surface area contributed by atoms with E-state index in [0.29, 0.717) is 45.6 Å². The number of aromatic amines is 1. The Morgan fingerprint density at radius 2 is 1.97 bits per heavy atom. The summed E-state index contributed by atoms with van der Waals surface area (Å²) in [7, 11) is 1.31. The van der Waals surface area contributed by atoms with Crippen molar-refractivity contribution in [2.45, 2.75) is 24.4 Å². The number of carbonyl (C=O) groups excluding carboxylic acids is 1. The number of fused-ring (bicyclic) bond motifs is 1. The summed E-state index contributed by atoms with van der Waals surface area (Å²) in [4.78, 5) is 31.9. The van der Waals surface area contributed by atoms with Crippen molar-refractivity contribution in [1.82, 2.24) is 24.7 Å². The van der Waals surface area contributed by atoms with Gasteiger partial charge in [-0.3, -0.25) is 9.36 Å². The fourth-order valence-electron chi connectivity index (χ4n) is 3.75. The summed E-state index contributed by atoms with van der Waals surface area (Å²) in [5.41, 5.74) is 2.45. The van der Waals surface area contributed by atoms with E-state index in [9.17, 15) is 9.59 Å². The molecule has 0 aliphatic rings. The van der Waals surface area contributed by atoms with Gasteiger partial charge in [-0.2, -0.15) is 0 Å². The number of rotatable bonds is 7. The van der Waals surface area contributed by atoms with Gasteiger partial charge in [-0.1, -0.05) is 42.1 Å². The van der Waals surface area contributed by atoms with Gasteiger partial charge >= 0.3 is 5.97 Å². The molecule has 0 unspecified atom stereocenters. The molecule has 9 nitrogen and oxygen atoms in total. The van der Waals surface area contributed by atoms with E-state index in [1.165, 1.54) is 18.9 Å². The number of ether oxygens (including phenoxy) is 1. The zero-order chi connectivity index (χ0) is 24.4. The number of furan rings is 1. The highest BCUT2D eigenvalue weighted by Crippen LogP contribution is 2.29. The van der Waals surface area contributed by atoms with Crippen LogP contribution in [0.5, 0.6) is 0 Å². The second-order valence-corrected chi connectivity index (χ2v) is 8.74. The van der Waals surface area contributed by atoms with Crippen molar-refractivity contribution in [3.63, 3.8) is 0 Å². The highest BCUT2D eigenvalue weighted by molar-refractivity contribution is 7.98. The van der Waals surface area contributed by atoms with Gasteiger partial charge in [-0.25, -0.2) is 9.78 Å². The smallest absolute Gasteiger partial charge is 0.337 e. The van der Waals surface area contributed by atoms with E-state index < -0.39 is 5.97 Å². The number of benzene rings is 2. The number of H-pyrrole nitrogens is 1. The normalized spacial score (nSPS) is 11.1. The molecule has 0 atom stereocenters. The van der Waals surface area contributed by atoms with Gasteiger partial charge in [-0.05, 0) is 36.8 Å². The number of thioether (sulfide) groups is 1. The molecule has 3 heterocycles. The van der Waals surface area contributed by atoms with Crippen LogP contribution in [0.2, 0.25) is 0 Å². The van der Waals surface area contributed by atoms with Crippen molar-refractivity contribution in [2.24, 2.45) is 0 Å². The summed E-state index contributed by atoms with van der Waals surface area (Å²) >= 11 is 1.41. The first-order chi connectivity index (χ1) is 17.0. The number of esters is 1. The van der Waals surface area contributed by atoms with Gasteiger partial charge in [-0.15, -0.1) is 10.2 Å². The third-order valence-electron chi connectivity index (χ3n) is 5.51. The number of carbonyl (C=O) groups is 1. The zero-order valence-corrected chi connectivity index (χ0v) is 19.8. The second-order valence-electron chi connectivity index (χ2n) is 7.79. The number of nitrogens with zero attached hydrogens (tertiary/aromatic N) is 4. The van der Waals surface area contributed by atoms with Gasteiger partial charge in [0.2, 0.25) is 0 Å². The molecule has 0 spiro atoms. The lowest BCUT2D eigenvalue weighted by Crippen LogP contribution is -2.12. The number of hydrogen-bond donors (Lipinski definition) is 1. The Hall–Kier alpha value is -4.18. The summed E-state index contributed by atoms with van der Waals surface area (Å²) in [6.45, 7) is 2.45. The Labute approximate surface area is 204 Å². The summed E-state index contributed by atoms with van der Waals surface area (Å²) in [5, 5.41) is 9.91. The SMILES string of the molecule is COC(=O)c1ccc2c(=O)[nH]c(CSc3nnc(-c4ccoc4C)n3Cc3ccccc3)nc2c1. The molecule has 0 aliphatic heterocycles. The van der Waals surface area contributed by atoms with Crippen LogP contribution in [0.15, 0.2) is 75.2 Å². The van der Waals surface area contributed by atoms with Gasteiger partial charge in [0.05, 0.1) is 47.7 Å². The summed E-state index contributed by atoms with van der Waals surface area (Å²) < 4.78 is 12.3. The largest absolute Gasteiger partial charge is 0.469 e. The van der Waals surface area contributed by atoms with Crippen LogP contribution in [0.25, 0.3) is 22.3 Å². The van der Waals surface area contributed by atoms with E-state index >= 15 is 0 Å². The van der Waals surface area contributed by atoms with Crippen molar-refractivity contribution in [2.75, 3.05) is 7.11 Å². The molecule has 0 bridgehead atoms. The van der Waals surface area contributed by atoms with Gasteiger partial charge in [0, 0.05) is 0 Å². The number of hydrogen-bond acceptors (Lipinski definition) is 8. The third-order valence-corrected chi connectivity index (χ3v) is 6.49. The van der Waals surface area contributed by atoms with E-state index in [1.807, 2.05) is 47.9 Å². The Morgan fingerprint density at radius 1 is 1.14 bits per heavy atom. The Morgan fingerprint density at radius 3 is 2.71 bits per heavy atom. The highest BCUT2D eigenvalue weighted by Gasteiger charge is 2.18. The molecule has 5 rings (SSSR count). The molecule has 10 heteroatoms. The van der Waals surface area contributed by atoms with E-state index in [2.05, 4.69) is 20.2 Å². The molecule has 1 N–H and O–H groups in total. The predicted molar refractivity (Wildman–Crippen MR) is 131 cm³/mol. The zero-order valence-electron chi connectivity index (χ0n) is 19.0. The first-order valence-electron chi connectivity index (χ1n) is 10.8. The molecule has 0 amide bonds. The van der Waals surface area contributed by atoms with Gasteiger partial charge in [0.15, 0.2) is 11.0 Å². The number of aromatic nitrogens is 5. The minimum atomic E-state index is -0.485. The van der Waals surface area contributed by atoms with Crippen molar-refractivity contribution in [1.29, 1.82) is 0 Å². The maximum absolute atomic E-state index is 12.6. The minimum absolute atomic E-state index is 0.275. The molecule has 0 radical (unpaired) electrons. The average Bonchev–Trinajstić information content (AvgIpc) is 3.47. The monoisotopic (exact) mass is 487 g/mol. The lowest BCUT2D eigenvalue weighted by atomic mass is 10.1. The lowest BCUT2D eigenvalue weighted by molar-refractivity contribution is 0.0601. The maximum atomic E-state index is 12.6. The van der Waals surface area contributed by atoms with Crippen LogP contribution in [0, 0.1) is 6.92 Å². The standard InChI is InChI=1S/C25H21N5O4S/c1-15-18(10-11-34-15)22-28-29-25(30(22)13-16-6-4-3-5-7-16)35-14-21-26-20-12-17(24(32)33-2)8-9-19(20)23(31)27-21/h3-12H,13-14H2,1-2H3,(H,26,27,31).